The third kappa shape index (κ3) is 3.51. The Morgan fingerprint density at radius 2 is 2.05 bits per heavy atom. The van der Waals surface area contributed by atoms with Crippen molar-refractivity contribution in [2.45, 2.75) is 25.7 Å². The van der Waals surface area contributed by atoms with Gasteiger partial charge in [-0.1, -0.05) is 18.2 Å². The number of nitrogens with zero attached hydrogens (tertiary/aromatic N) is 2. The molecular formula is C15H18N2OS. The summed E-state index contributed by atoms with van der Waals surface area (Å²) in [7, 11) is 0. The average molecular weight is 274 g/mol. The van der Waals surface area contributed by atoms with Crippen molar-refractivity contribution in [1.29, 1.82) is 5.26 Å². The Morgan fingerprint density at radius 3 is 2.58 bits per heavy atom. The summed E-state index contributed by atoms with van der Waals surface area (Å²) in [6, 6.07) is 11.7. The van der Waals surface area contributed by atoms with Crippen molar-refractivity contribution in [3.63, 3.8) is 0 Å². The lowest BCUT2D eigenvalue weighted by Crippen LogP contribution is -2.33. The molecule has 0 atom stereocenters. The van der Waals surface area contributed by atoms with Gasteiger partial charge in [-0.3, -0.25) is 4.79 Å². The molecule has 1 saturated carbocycles. The van der Waals surface area contributed by atoms with E-state index in [4.69, 9.17) is 5.26 Å². The Labute approximate surface area is 119 Å². The third-order valence-corrected chi connectivity index (χ3v) is 4.31. The minimum Gasteiger partial charge on any atom is -0.311 e. The minimum atomic E-state index is 0.105. The summed E-state index contributed by atoms with van der Waals surface area (Å²) in [5.74, 6) is 0.868. The first-order valence-corrected chi connectivity index (χ1v) is 7.17. The largest absolute Gasteiger partial charge is 0.311 e. The fourth-order valence-electron chi connectivity index (χ4n) is 2.15. The molecule has 0 saturated heterocycles. The van der Waals surface area contributed by atoms with Crippen LogP contribution in [0, 0.1) is 16.7 Å². The second-order valence-corrected chi connectivity index (χ2v) is 5.44. The van der Waals surface area contributed by atoms with Crippen LogP contribution in [0.15, 0.2) is 30.3 Å². The van der Waals surface area contributed by atoms with Crippen LogP contribution in [0.2, 0.25) is 0 Å². The van der Waals surface area contributed by atoms with Crippen LogP contribution < -0.4 is 4.90 Å². The number of anilines is 1. The average Bonchev–Trinajstić information content (AvgIpc) is 3.21. The summed E-state index contributed by atoms with van der Waals surface area (Å²) in [5.41, 5.74) is 0.984. The van der Waals surface area contributed by atoms with E-state index in [0.29, 0.717) is 19.4 Å². The van der Waals surface area contributed by atoms with E-state index in [0.717, 1.165) is 24.3 Å². The zero-order valence-electron chi connectivity index (χ0n) is 10.9. The highest BCUT2D eigenvalue weighted by Crippen LogP contribution is 2.50. The van der Waals surface area contributed by atoms with Crippen molar-refractivity contribution in [1.82, 2.24) is 0 Å². The van der Waals surface area contributed by atoms with Gasteiger partial charge in [0.2, 0.25) is 5.91 Å². The second kappa shape index (κ2) is 6.12. The van der Waals surface area contributed by atoms with E-state index in [2.05, 4.69) is 18.7 Å². The molecule has 0 unspecified atom stereocenters. The molecule has 0 heterocycles. The van der Waals surface area contributed by atoms with Crippen molar-refractivity contribution in [2.24, 2.45) is 5.41 Å². The highest BCUT2D eigenvalue weighted by atomic mass is 32.1. The number of thiol groups is 1. The van der Waals surface area contributed by atoms with Crippen LogP contribution in [-0.4, -0.2) is 18.2 Å². The minimum absolute atomic E-state index is 0.105. The Balaban J connectivity index is 2.09. The number of hydrogen-bond acceptors (Lipinski definition) is 3. The van der Waals surface area contributed by atoms with Gasteiger partial charge in [-0.15, -0.1) is 0 Å². The maximum atomic E-state index is 12.4. The number of benzene rings is 1. The molecule has 3 nitrogen and oxygen atoms in total. The molecular weight excluding hydrogens is 256 g/mol. The quantitative estimate of drug-likeness (QED) is 0.810. The number of carbonyl (C=O) groups is 1. The van der Waals surface area contributed by atoms with Crippen molar-refractivity contribution >= 4 is 24.2 Å². The van der Waals surface area contributed by atoms with E-state index in [9.17, 15) is 4.79 Å². The lowest BCUT2D eigenvalue weighted by atomic mass is 10.0. The van der Waals surface area contributed by atoms with Gasteiger partial charge >= 0.3 is 0 Å². The maximum Gasteiger partial charge on any atom is 0.227 e. The molecule has 19 heavy (non-hydrogen) atoms. The molecule has 0 aromatic heterocycles. The van der Waals surface area contributed by atoms with Gasteiger partial charge < -0.3 is 4.90 Å². The topological polar surface area (TPSA) is 44.1 Å². The highest BCUT2D eigenvalue weighted by molar-refractivity contribution is 7.80. The molecule has 0 radical (unpaired) electrons. The molecule has 100 valence electrons. The summed E-state index contributed by atoms with van der Waals surface area (Å²) in [6.07, 6.45) is 3.07. The van der Waals surface area contributed by atoms with Gasteiger partial charge in [0.15, 0.2) is 0 Å². The summed E-state index contributed by atoms with van der Waals surface area (Å²) >= 11 is 4.34. The van der Waals surface area contributed by atoms with Gasteiger partial charge in [-0.2, -0.15) is 17.9 Å². The van der Waals surface area contributed by atoms with Gasteiger partial charge in [0.1, 0.15) is 0 Å². The highest BCUT2D eigenvalue weighted by Gasteiger charge is 2.43. The van der Waals surface area contributed by atoms with E-state index in [1.165, 1.54) is 0 Å². The fourth-order valence-corrected chi connectivity index (χ4v) is 2.58. The smallest absolute Gasteiger partial charge is 0.227 e. The fraction of sp³-hybridized carbons (Fsp3) is 0.467. The van der Waals surface area contributed by atoms with Gasteiger partial charge in [-0.05, 0) is 36.1 Å². The molecule has 0 bridgehead atoms. The molecule has 1 aliphatic rings. The van der Waals surface area contributed by atoms with E-state index in [1.54, 1.807) is 4.90 Å². The molecule has 1 aromatic rings. The Kier molecular flexibility index (Phi) is 4.49. The standard InChI is InChI=1S/C15H18N2OS/c16-9-4-10-17(13-5-2-1-3-6-13)14(18)11-15(12-19)7-8-15/h1-3,5-6,19H,4,7-8,10-12H2. The van der Waals surface area contributed by atoms with E-state index < -0.39 is 0 Å². The number of rotatable bonds is 6. The van der Waals surface area contributed by atoms with Crippen LogP contribution in [0.1, 0.15) is 25.7 Å². The first-order valence-electron chi connectivity index (χ1n) is 6.54. The summed E-state index contributed by atoms with van der Waals surface area (Å²) in [5, 5.41) is 8.73. The summed E-state index contributed by atoms with van der Waals surface area (Å²) < 4.78 is 0. The number of hydrogen-bond donors (Lipinski definition) is 1. The molecule has 1 aromatic carbocycles. The Morgan fingerprint density at radius 1 is 1.37 bits per heavy atom. The Hall–Kier alpha value is -1.47. The number of para-hydroxylation sites is 1. The van der Waals surface area contributed by atoms with Gasteiger partial charge in [0.25, 0.3) is 0 Å². The maximum absolute atomic E-state index is 12.4. The SMILES string of the molecule is N#CCCN(C(=O)CC1(CS)CC1)c1ccccc1. The lowest BCUT2D eigenvalue weighted by Gasteiger charge is -2.24. The number of carbonyl (C=O) groups excluding carboxylic acids is 1. The van der Waals surface area contributed by atoms with Gasteiger partial charge in [-0.25, -0.2) is 0 Å². The molecule has 1 aliphatic carbocycles. The normalized spacial score (nSPS) is 15.6. The third-order valence-electron chi connectivity index (χ3n) is 3.63. The van der Waals surface area contributed by atoms with Crippen LogP contribution in [0.3, 0.4) is 0 Å². The Bertz CT molecular complexity index is 477. The first-order chi connectivity index (χ1) is 9.21. The van der Waals surface area contributed by atoms with E-state index in [1.807, 2.05) is 30.3 Å². The first kappa shape index (κ1) is 14.0. The molecule has 1 amide bonds. The monoisotopic (exact) mass is 274 g/mol. The van der Waals surface area contributed by atoms with Crippen LogP contribution in [0.25, 0.3) is 0 Å². The van der Waals surface area contributed by atoms with Gasteiger partial charge in [0.05, 0.1) is 12.5 Å². The zero-order chi connectivity index (χ0) is 13.7. The lowest BCUT2D eigenvalue weighted by molar-refractivity contribution is -0.119. The van der Waals surface area contributed by atoms with Crippen LogP contribution >= 0.6 is 12.6 Å². The van der Waals surface area contributed by atoms with Crippen molar-refractivity contribution < 1.29 is 4.79 Å². The molecule has 1 fully saturated rings. The molecule has 0 N–H and O–H groups in total. The molecule has 0 aliphatic heterocycles. The summed E-state index contributed by atoms with van der Waals surface area (Å²) in [4.78, 5) is 14.2. The van der Waals surface area contributed by atoms with Gasteiger partial charge in [0, 0.05) is 18.7 Å². The number of amides is 1. The van der Waals surface area contributed by atoms with Crippen molar-refractivity contribution in [2.75, 3.05) is 17.2 Å². The molecule has 0 spiro atoms. The summed E-state index contributed by atoms with van der Waals surface area (Å²) in [6.45, 7) is 0.460. The van der Waals surface area contributed by atoms with E-state index >= 15 is 0 Å². The number of nitriles is 1. The molecule has 2 rings (SSSR count). The second-order valence-electron chi connectivity index (χ2n) is 5.12. The van der Waals surface area contributed by atoms with Crippen molar-refractivity contribution in [3.05, 3.63) is 30.3 Å². The van der Waals surface area contributed by atoms with Crippen LogP contribution in [-0.2, 0) is 4.79 Å². The van der Waals surface area contributed by atoms with Crippen molar-refractivity contribution in [3.8, 4) is 6.07 Å². The van der Waals surface area contributed by atoms with E-state index in [-0.39, 0.29) is 11.3 Å². The van der Waals surface area contributed by atoms with Crippen LogP contribution in [0.4, 0.5) is 5.69 Å². The predicted molar refractivity (Wildman–Crippen MR) is 79.2 cm³/mol. The zero-order valence-corrected chi connectivity index (χ0v) is 11.8. The van der Waals surface area contributed by atoms with Crippen LogP contribution in [0.5, 0.6) is 0 Å². The molecule has 4 heteroatoms. The predicted octanol–water partition coefficient (Wildman–Crippen LogP) is 3.03.